The summed E-state index contributed by atoms with van der Waals surface area (Å²) in [5.41, 5.74) is 1.44. The van der Waals surface area contributed by atoms with Crippen molar-refractivity contribution in [2.45, 2.75) is 25.7 Å². The van der Waals surface area contributed by atoms with E-state index in [9.17, 15) is 9.18 Å². The van der Waals surface area contributed by atoms with Crippen molar-refractivity contribution in [2.24, 2.45) is 0 Å². The fourth-order valence-corrected chi connectivity index (χ4v) is 3.56. The van der Waals surface area contributed by atoms with Crippen LogP contribution < -0.4 is 0 Å². The van der Waals surface area contributed by atoms with E-state index in [1.165, 1.54) is 11.0 Å². The van der Waals surface area contributed by atoms with Crippen LogP contribution in [-0.4, -0.2) is 48.5 Å². The van der Waals surface area contributed by atoms with Gasteiger partial charge < -0.3 is 9.64 Å². The molecule has 0 bridgehead atoms. The summed E-state index contributed by atoms with van der Waals surface area (Å²) < 4.78 is 20.0. The minimum absolute atomic E-state index is 0.0306. The summed E-state index contributed by atoms with van der Waals surface area (Å²) in [7, 11) is 1.67. The number of benzene rings is 2. The van der Waals surface area contributed by atoms with Crippen molar-refractivity contribution < 1.29 is 13.9 Å². The minimum Gasteiger partial charge on any atom is -0.368 e. The summed E-state index contributed by atoms with van der Waals surface area (Å²) in [4.78, 5) is 16.3. The van der Waals surface area contributed by atoms with Crippen LogP contribution >= 0.6 is 11.6 Å². The van der Waals surface area contributed by atoms with Gasteiger partial charge in [-0.25, -0.2) is 4.39 Å². The predicted octanol–water partition coefficient (Wildman–Crippen LogP) is 3.90. The van der Waals surface area contributed by atoms with E-state index >= 15 is 0 Å². The number of ether oxygens (including phenoxy) is 1. The molecular weight excluding hydrogens is 367 g/mol. The molecule has 2 aromatic rings. The molecule has 1 saturated heterocycles. The third kappa shape index (κ3) is 5.06. The van der Waals surface area contributed by atoms with Gasteiger partial charge in [-0.05, 0) is 24.6 Å². The van der Waals surface area contributed by atoms with Crippen LogP contribution in [0.2, 0.25) is 5.02 Å². The van der Waals surface area contributed by atoms with Crippen molar-refractivity contribution in [3.8, 4) is 0 Å². The monoisotopic (exact) mass is 390 g/mol. The van der Waals surface area contributed by atoms with E-state index in [0.29, 0.717) is 23.7 Å². The highest BCUT2D eigenvalue weighted by Gasteiger charge is 2.28. The zero-order valence-corrected chi connectivity index (χ0v) is 16.3. The Balaban J connectivity index is 1.62. The maximum absolute atomic E-state index is 14.0. The fourth-order valence-electron chi connectivity index (χ4n) is 3.34. The zero-order valence-electron chi connectivity index (χ0n) is 15.6. The molecule has 0 saturated carbocycles. The van der Waals surface area contributed by atoms with E-state index in [-0.39, 0.29) is 31.2 Å². The molecule has 2 aromatic carbocycles. The smallest absolute Gasteiger partial charge is 0.236 e. The average molecular weight is 391 g/mol. The van der Waals surface area contributed by atoms with Gasteiger partial charge in [-0.3, -0.25) is 9.69 Å². The number of rotatable bonds is 5. The van der Waals surface area contributed by atoms with Crippen LogP contribution in [0.1, 0.15) is 24.2 Å². The van der Waals surface area contributed by atoms with E-state index < -0.39 is 5.82 Å². The number of amides is 1. The molecule has 1 fully saturated rings. The molecule has 0 aromatic heterocycles. The first-order valence-electron chi connectivity index (χ1n) is 9.03. The Morgan fingerprint density at radius 3 is 2.67 bits per heavy atom. The van der Waals surface area contributed by atoms with Crippen molar-refractivity contribution in [1.29, 1.82) is 0 Å². The number of hydrogen-bond donors (Lipinski definition) is 0. The molecule has 1 heterocycles. The van der Waals surface area contributed by atoms with Gasteiger partial charge in [0.2, 0.25) is 5.91 Å². The largest absolute Gasteiger partial charge is 0.368 e. The summed E-state index contributed by atoms with van der Waals surface area (Å²) in [5.74, 6) is -0.471. The van der Waals surface area contributed by atoms with Gasteiger partial charge in [0.1, 0.15) is 5.82 Å². The highest BCUT2D eigenvalue weighted by Crippen LogP contribution is 2.25. The topological polar surface area (TPSA) is 32.8 Å². The van der Waals surface area contributed by atoms with E-state index in [1.54, 1.807) is 19.2 Å². The number of carbonyl (C=O) groups excluding carboxylic acids is 1. The summed E-state index contributed by atoms with van der Waals surface area (Å²) in [5, 5.41) is 0.332. The lowest BCUT2D eigenvalue weighted by Crippen LogP contribution is -2.47. The lowest BCUT2D eigenvalue weighted by molar-refractivity contribution is -0.135. The molecule has 2 unspecified atom stereocenters. The molecule has 0 radical (unpaired) electrons. The van der Waals surface area contributed by atoms with Crippen LogP contribution in [0.3, 0.4) is 0 Å². The van der Waals surface area contributed by atoms with Gasteiger partial charge in [0, 0.05) is 37.3 Å². The van der Waals surface area contributed by atoms with Crippen molar-refractivity contribution >= 4 is 17.5 Å². The lowest BCUT2D eigenvalue weighted by atomic mass is 10.1. The Hall–Kier alpha value is -1.95. The van der Waals surface area contributed by atoms with Gasteiger partial charge >= 0.3 is 0 Å². The van der Waals surface area contributed by atoms with E-state index in [0.717, 1.165) is 5.56 Å². The van der Waals surface area contributed by atoms with Gasteiger partial charge in [0.25, 0.3) is 0 Å². The number of carbonyl (C=O) groups is 1. The van der Waals surface area contributed by atoms with Crippen molar-refractivity contribution in [3.05, 3.63) is 70.5 Å². The van der Waals surface area contributed by atoms with Crippen LogP contribution in [0.25, 0.3) is 0 Å². The highest BCUT2D eigenvalue weighted by atomic mass is 35.5. The fraction of sp³-hybridized carbons (Fsp3) is 0.381. The van der Waals surface area contributed by atoms with Crippen LogP contribution in [-0.2, 0) is 16.1 Å². The number of likely N-dealkylation sites (N-methyl/N-ethyl adjacent to an activating group) is 1. The second-order valence-corrected chi connectivity index (χ2v) is 7.40. The maximum Gasteiger partial charge on any atom is 0.236 e. The third-order valence-corrected chi connectivity index (χ3v) is 5.10. The number of hydrogen-bond acceptors (Lipinski definition) is 3. The molecule has 144 valence electrons. The zero-order chi connectivity index (χ0) is 19.4. The predicted molar refractivity (Wildman–Crippen MR) is 104 cm³/mol. The Morgan fingerprint density at radius 1 is 1.22 bits per heavy atom. The van der Waals surface area contributed by atoms with E-state index in [1.807, 2.05) is 37.3 Å². The van der Waals surface area contributed by atoms with Crippen LogP contribution in [0, 0.1) is 5.82 Å². The maximum atomic E-state index is 14.0. The SMILES string of the molecule is CC1CN(CC(=O)N(C)Cc2c(F)cccc2Cl)CC(c2ccccc2)O1. The first-order chi connectivity index (χ1) is 12.9. The Kier molecular flexibility index (Phi) is 6.47. The molecule has 1 aliphatic heterocycles. The number of morpholine rings is 1. The Labute approximate surface area is 164 Å². The quantitative estimate of drug-likeness (QED) is 0.776. The molecule has 27 heavy (non-hydrogen) atoms. The van der Waals surface area contributed by atoms with Crippen molar-refractivity contribution in [3.63, 3.8) is 0 Å². The molecule has 1 aliphatic rings. The molecule has 4 nitrogen and oxygen atoms in total. The molecule has 2 atom stereocenters. The molecular formula is C21H24ClFN2O2. The first kappa shape index (κ1) is 19.8. The Morgan fingerprint density at radius 2 is 1.96 bits per heavy atom. The standard InChI is InChI=1S/C21H24ClFN2O2/c1-15-11-25(13-20(27-15)16-7-4-3-5-8-16)14-21(26)24(2)12-17-18(22)9-6-10-19(17)23/h3-10,15,20H,11-14H2,1-2H3. The second-order valence-electron chi connectivity index (χ2n) is 6.99. The summed E-state index contributed by atoms with van der Waals surface area (Å²) in [6.45, 7) is 3.75. The average Bonchev–Trinajstić information content (AvgIpc) is 2.65. The molecule has 6 heteroatoms. The summed E-state index contributed by atoms with van der Waals surface area (Å²) >= 11 is 6.07. The van der Waals surface area contributed by atoms with Gasteiger partial charge in [0.05, 0.1) is 18.8 Å². The van der Waals surface area contributed by atoms with Crippen LogP contribution in [0.15, 0.2) is 48.5 Å². The van der Waals surface area contributed by atoms with Gasteiger partial charge in [-0.2, -0.15) is 0 Å². The van der Waals surface area contributed by atoms with Crippen molar-refractivity contribution in [1.82, 2.24) is 9.80 Å². The number of halogens is 2. The van der Waals surface area contributed by atoms with Gasteiger partial charge in [-0.1, -0.05) is 48.0 Å². The normalized spacial score (nSPS) is 20.4. The third-order valence-electron chi connectivity index (χ3n) is 4.75. The van der Waals surface area contributed by atoms with Gasteiger partial charge in [-0.15, -0.1) is 0 Å². The molecule has 3 rings (SSSR count). The molecule has 1 amide bonds. The van der Waals surface area contributed by atoms with E-state index in [4.69, 9.17) is 16.3 Å². The molecule has 0 aliphatic carbocycles. The number of nitrogens with zero attached hydrogens (tertiary/aromatic N) is 2. The van der Waals surface area contributed by atoms with Crippen molar-refractivity contribution in [2.75, 3.05) is 26.7 Å². The lowest BCUT2D eigenvalue weighted by Gasteiger charge is -2.37. The highest BCUT2D eigenvalue weighted by molar-refractivity contribution is 6.31. The summed E-state index contributed by atoms with van der Waals surface area (Å²) in [6, 6.07) is 14.6. The van der Waals surface area contributed by atoms with Crippen LogP contribution in [0.4, 0.5) is 4.39 Å². The second kappa shape index (κ2) is 8.83. The summed E-state index contributed by atoms with van der Waals surface area (Å²) in [6.07, 6.45) is -0.0304. The van der Waals surface area contributed by atoms with Gasteiger partial charge in [0.15, 0.2) is 0 Å². The van der Waals surface area contributed by atoms with E-state index in [2.05, 4.69) is 4.90 Å². The minimum atomic E-state index is -0.397. The first-order valence-corrected chi connectivity index (χ1v) is 9.41. The molecule has 0 N–H and O–H groups in total. The Bertz CT molecular complexity index is 767. The van der Waals surface area contributed by atoms with Crippen LogP contribution in [0.5, 0.6) is 0 Å². The molecule has 0 spiro atoms.